The average Bonchev–Trinajstić information content (AvgIpc) is 3.85. The zero-order valence-corrected chi connectivity index (χ0v) is 39.9. The predicted molar refractivity (Wildman–Crippen MR) is 247 cm³/mol. The van der Waals surface area contributed by atoms with E-state index in [1.807, 2.05) is 26.8 Å². The third kappa shape index (κ3) is 8.37. The number of halogens is 3. The molecule has 0 radical (unpaired) electrons. The predicted octanol–water partition coefficient (Wildman–Crippen LogP) is 11.2. The van der Waals surface area contributed by atoms with Gasteiger partial charge in [-0.05, 0) is 105 Å². The van der Waals surface area contributed by atoms with E-state index in [-0.39, 0.29) is 59.9 Å². The van der Waals surface area contributed by atoms with Crippen LogP contribution in [0.15, 0.2) is 36.5 Å². The molecule has 342 valence electrons. The normalized spacial score (nSPS) is 22.4. The van der Waals surface area contributed by atoms with E-state index in [0.717, 1.165) is 37.8 Å². The molecule has 64 heavy (non-hydrogen) atoms. The van der Waals surface area contributed by atoms with Gasteiger partial charge in [0.25, 0.3) is 0 Å². The molecule has 2 unspecified atom stereocenters. The number of nitrogens with zero attached hydrogens (tertiary/aromatic N) is 5. The number of carbonyl (C=O) groups is 1. The molecule has 1 amide bonds. The van der Waals surface area contributed by atoms with Crippen molar-refractivity contribution in [3.63, 3.8) is 0 Å². The Hall–Kier alpha value is -4.71. The molecule has 0 spiro atoms. The van der Waals surface area contributed by atoms with Crippen molar-refractivity contribution in [3.05, 3.63) is 59.4 Å². The van der Waals surface area contributed by atoms with Gasteiger partial charge in [0, 0.05) is 48.6 Å². The summed E-state index contributed by atoms with van der Waals surface area (Å²) in [6.07, 6.45) is 6.24. The van der Waals surface area contributed by atoms with Crippen LogP contribution in [0.25, 0.3) is 38.5 Å². The second kappa shape index (κ2) is 17.6. The third-order valence-electron chi connectivity index (χ3n) is 14.1. The minimum Gasteiger partial charge on any atom is -0.468 e. The summed E-state index contributed by atoms with van der Waals surface area (Å²) in [6, 6.07) is 6.01. The van der Waals surface area contributed by atoms with E-state index >= 15 is 8.78 Å². The maximum absolute atomic E-state index is 17.9. The monoisotopic (exact) mass is 897 g/mol. The molecule has 0 saturated carbocycles. The first kappa shape index (κ1) is 45.8. The fourth-order valence-electron chi connectivity index (χ4n) is 11.3. The number of alkyl halides is 1. The molecule has 2 aromatic heterocycles. The highest BCUT2D eigenvalue weighted by Crippen LogP contribution is 2.45. The molecule has 4 atom stereocenters. The van der Waals surface area contributed by atoms with Gasteiger partial charge < -0.3 is 18.9 Å². The zero-order valence-electron chi connectivity index (χ0n) is 38.9. The van der Waals surface area contributed by atoms with Gasteiger partial charge in [0.2, 0.25) is 0 Å². The Morgan fingerprint density at radius 2 is 1.77 bits per heavy atom. The van der Waals surface area contributed by atoms with Crippen molar-refractivity contribution in [3.8, 4) is 34.5 Å². The lowest BCUT2D eigenvalue weighted by molar-refractivity contribution is 0.0175. The molecular formula is C50H62F3N5O5Si. The average molecular weight is 898 g/mol. The van der Waals surface area contributed by atoms with Crippen LogP contribution in [0.1, 0.15) is 112 Å². The van der Waals surface area contributed by atoms with Crippen LogP contribution in [0, 0.1) is 23.1 Å². The van der Waals surface area contributed by atoms with E-state index < -0.39 is 37.0 Å². The summed E-state index contributed by atoms with van der Waals surface area (Å²) >= 11 is 0. The molecule has 3 fully saturated rings. The lowest BCUT2D eigenvalue weighted by Gasteiger charge is -2.38. The fourth-order valence-corrected chi connectivity index (χ4v) is 16.5. The number of rotatable bonds is 11. The number of methoxy groups -OCH3 is 1. The first-order valence-corrected chi connectivity index (χ1v) is 25.1. The van der Waals surface area contributed by atoms with Crippen LogP contribution in [0.5, 0.6) is 11.8 Å². The van der Waals surface area contributed by atoms with Gasteiger partial charge in [-0.1, -0.05) is 59.6 Å². The van der Waals surface area contributed by atoms with Gasteiger partial charge in [-0.15, -0.1) is 5.54 Å². The van der Waals surface area contributed by atoms with Crippen LogP contribution in [-0.4, -0.2) is 102 Å². The summed E-state index contributed by atoms with van der Waals surface area (Å²) in [4.78, 5) is 31.8. The van der Waals surface area contributed by atoms with Crippen LogP contribution >= 0.6 is 0 Å². The minimum atomic E-state index is -2.33. The first-order valence-electron chi connectivity index (χ1n) is 22.9. The Labute approximate surface area is 376 Å². The number of pyridine rings is 1. The standard InChI is InChI=1S/C50H62F3N5O5Si/c1-29(2)64(30(3)4,31(5)6)19-16-38-41(52)15-12-32-22-37(62-28-60-10)23-39(42(32)38)45-43(53)46-40(25-54-45)44(33-20-35-13-14-36(21-33)58(35)48(59)63-49(7,8)9)55-47(56-46)61-27-50-17-11-18-57(50)26-34(51)24-50/h12,15,20,22-23,25,29-31,34-36H,11,13-14,17-18,21,24,26-28H2,1-10H3/t34-,35?,36?,50+/m1/s1. The summed E-state index contributed by atoms with van der Waals surface area (Å²) in [5, 5.41) is 1.36. The number of carbonyl (C=O) groups excluding carboxylic acids is 1. The Balaban J connectivity index is 1.31. The molecule has 3 saturated heterocycles. The molecule has 4 aromatic rings. The van der Waals surface area contributed by atoms with Gasteiger partial charge in [0.1, 0.15) is 49.2 Å². The lowest BCUT2D eigenvalue weighted by atomic mass is 9.94. The van der Waals surface area contributed by atoms with E-state index in [1.54, 1.807) is 29.3 Å². The number of ether oxygens (including phenoxy) is 4. The van der Waals surface area contributed by atoms with Gasteiger partial charge in [-0.25, -0.2) is 18.0 Å². The van der Waals surface area contributed by atoms with Crippen LogP contribution in [0.2, 0.25) is 16.6 Å². The quantitative estimate of drug-likeness (QED) is 0.0828. The number of fused-ring (bicyclic) bond motifs is 5. The Kier molecular flexibility index (Phi) is 12.6. The van der Waals surface area contributed by atoms with Gasteiger partial charge in [0.05, 0.1) is 22.8 Å². The van der Waals surface area contributed by atoms with E-state index in [9.17, 15) is 9.18 Å². The molecule has 0 aliphatic carbocycles. The highest BCUT2D eigenvalue weighted by atomic mass is 28.3. The number of benzene rings is 2. The Bertz CT molecular complexity index is 2530. The largest absolute Gasteiger partial charge is 0.468 e. The van der Waals surface area contributed by atoms with Crippen molar-refractivity contribution < 1.29 is 36.9 Å². The smallest absolute Gasteiger partial charge is 0.411 e. The summed E-state index contributed by atoms with van der Waals surface area (Å²) in [6.45, 7) is 20.0. The van der Waals surface area contributed by atoms with Crippen LogP contribution in [-0.2, 0) is 9.47 Å². The molecule has 14 heteroatoms. The van der Waals surface area contributed by atoms with Crippen molar-refractivity contribution in [1.82, 2.24) is 24.8 Å². The SMILES string of the molecule is COCOc1cc(-c2ncc3c(C4=CC5CCC(C4)N5C(=O)OC(C)(C)C)nc(OC[C@@]45CCCN4C[C@H](F)C5)nc3c2F)c2c(C#C[Si](C(C)C)(C(C)C)C(C)C)c(F)ccc2c1. The van der Waals surface area contributed by atoms with Gasteiger partial charge in [0.15, 0.2) is 12.6 Å². The van der Waals surface area contributed by atoms with Crippen LogP contribution < -0.4 is 9.47 Å². The second-order valence-electron chi connectivity index (χ2n) is 20.2. The second-order valence-corrected chi connectivity index (χ2v) is 25.8. The van der Waals surface area contributed by atoms with Crippen molar-refractivity contribution in [2.24, 2.45) is 0 Å². The summed E-state index contributed by atoms with van der Waals surface area (Å²) in [7, 11) is -0.818. The number of hydrogen-bond donors (Lipinski definition) is 0. The first-order chi connectivity index (χ1) is 30.4. The molecule has 6 heterocycles. The Morgan fingerprint density at radius 3 is 2.45 bits per heavy atom. The van der Waals surface area contributed by atoms with Crippen molar-refractivity contribution in [2.45, 2.75) is 147 Å². The van der Waals surface area contributed by atoms with Crippen LogP contribution in [0.4, 0.5) is 18.0 Å². The molecule has 4 aliphatic rings. The van der Waals surface area contributed by atoms with Gasteiger partial charge in [-0.3, -0.25) is 14.8 Å². The van der Waals surface area contributed by atoms with E-state index in [4.69, 9.17) is 33.9 Å². The maximum Gasteiger partial charge on any atom is 0.411 e. The molecule has 4 aliphatic heterocycles. The summed E-state index contributed by atoms with van der Waals surface area (Å²) < 4.78 is 72.5. The molecular weight excluding hydrogens is 836 g/mol. The maximum atomic E-state index is 17.9. The Morgan fingerprint density at radius 1 is 1.02 bits per heavy atom. The number of amides is 1. The van der Waals surface area contributed by atoms with Crippen molar-refractivity contribution in [1.29, 1.82) is 0 Å². The van der Waals surface area contributed by atoms with Crippen molar-refractivity contribution in [2.75, 3.05) is 33.6 Å². The van der Waals surface area contributed by atoms with Crippen molar-refractivity contribution >= 4 is 41.4 Å². The zero-order chi connectivity index (χ0) is 45.9. The molecule has 2 bridgehead atoms. The topological polar surface area (TPSA) is 99.1 Å². The molecule has 2 aromatic carbocycles. The molecule has 10 nitrogen and oxygen atoms in total. The highest BCUT2D eigenvalue weighted by molar-refractivity contribution is 6.90. The number of hydrogen-bond acceptors (Lipinski definition) is 9. The lowest BCUT2D eigenvalue weighted by Crippen LogP contribution is -2.45. The van der Waals surface area contributed by atoms with E-state index in [1.165, 1.54) is 13.2 Å². The molecule has 0 N–H and O–H groups in total. The van der Waals surface area contributed by atoms with Gasteiger partial charge in [-0.2, -0.15) is 9.97 Å². The summed E-state index contributed by atoms with van der Waals surface area (Å²) in [5.74, 6) is 2.43. The van der Waals surface area contributed by atoms with Crippen LogP contribution in [0.3, 0.4) is 0 Å². The summed E-state index contributed by atoms with van der Waals surface area (Å²) in [5.41, 5.74) is 5.03. The van der Waals surface area contributed by atoms with E-state index in [2.05, 4.69) is 57.9 Å². The molecule has 8 rings (SSSR count). The minimum absolute atomic E-state index is 0.0327. The highest BCUT2D eigenvalue weighted by Gasteiger charge is 2.50. The van der Waals surface area contributed by atoms with E-state index in [0.29, 0.717) is 63.6 Å². The fraction of sp³-hybridized carbons (Fsp3) is 0.560. The number of aromatic nitrogens is 3. The van der Waals surface area contributed by atoms with Gasteiger partial charge >= 0.3 is 12.1 Å². The third-order valence-corrected chi connectivity index (χ3v) is 20.4.